The lowest BCUT2D eigenvalue weighted by Gasteiger charge is -2.16. The number of hydrogen-bond donors (Lipinski definition) is 1. The largest absolute Gasteiger partial charge is 0.357 e. The predicted octanol–water partition coefficient (Wildman–Crippen LogP) is 2.37. The third-order valence-corrected chi connectivity index (χ3v) is 2.70. The van der Waals surface area contributed by atoms with Crippen molar-refractivity contribution < 1.29 is 0 Å². The fourth-order valence-electron chi connectivity index (χ4n) is 2.02. The topological polar surface area (TPSA) is 27.6 Å². The molecule has 0 fully saturated rings. The highest BCUT2D eigenvalue weighted by atomic mass is 15.3. The molecule has 0 aliphatic rings. The number of hydrogen-bond acceptors (Lipinski definition) is 1. The third-order valence-electron chi connectivity index (χ3n) is 2.70. The Morgan fingerprint density at radius 1 is 1.17 bits per heavy atom. The van der Waals surface area contributed by atoms with E-state index in [0.717, 1.165) is 25.5 Å². The summed E-state index contributed by atoms with van der Waals surface area (Å²) >= 11 is 0. The minimum Gasteiger partial charge on any atom is -0.357 e. The van der Waals surface area contributed by atoms with Crippen LogP contribution in [0.3, 0.4) is 0 Å². The van der Waals surface area contributed by atoms with Gasteiger partial charge in [0.2, 0.25) is 0 Å². The molecule has 0 aromatic heterocycles. The van der Waals surface area contributed by atoms with Gasteiger partial charge >= 0.3 is 0 Å². The minimum absolute atomic E-state index is 0.823. The van der Waals surface area contributed by atoms with Crippen molar-refractivity contribution in [3.8, 4) is 0 Å². The van der Waals surface area contributed by atoms with E-state index in [2.05, 4.69) is 49.3 Å². The second-order valence-corrected chi connectivity index (χ2v) is 4.88. The first-order valence-corrected chi connectivity index (χ1v) is 6.55. The van der Waals surface area contributed by atoms with Gasteiger partial charge < -0.3 is 10.2 Å². The van der Waals surface area contributed by atoms with Crippen molar-refractivity contribution in [1.29, 1.82) is 0 Å². The molecule has 3 heteroatoms. The lowest BCUT2D eigenvalue weighted by Crippen LogP contribution is -2.36. The van der Waals surface area contributed by atoms with Crippen molar-refractivity contribution >= 4 is 5.96 Å². The van der Waals surface area contributed by atoms with Crippen LogP contribution in [0.25, 0.3) is 0 Å². The Balaban J connectivity index is 2.61. The van der Waals surface area contributed by atoms with Crippen LogP contribution in [0.5, 0.6) is 0 Å². The molecule has 0 bridgehead atoms. The summed E-state index contributed by atoms with van der Waals surface area (Å²) in [4.78, 5) is 6.62. The van der Waals surface area contributed by atoms with Gasteiger partial charge in [-0.05, 0) is 32.8 Å². The SMILES string of the molecule is CCNC(=NCCc1cc(C)cc(C)c1)N(C)C. The lowest BCUT2D eigenvalue weighted by molar-refractivity contribution is 0.583. The number of aryl methyl sites for hydroxylation is 2. The van der Waals surface area contributed by atoms with Gasteiger partial charge in [0.15, 0.2) is 5.96 Å². The van der Waals surface area contributed by atoms with Crippen molar-refractivity contribution in [3.05, 3.63) is 34.9 Å². The highest BCUT2D eigenvalue weighted by Crippen LogP contribution is 2.09. The summed E-state index contributed by atoms with van der Waals surface area (Å²) in [5, 5.41) is 3.27. The van der Waals surface area contributed by atoms with Crippen LogP contribution in [0.2, 0.25) is 0 Å². The maximum Gasteiger partial charge on any atom is 0.193 e. The van der Waals surface area contributed by atoms with Crippen molar-refractivity contribution in [1.82, 2.24) is 10.2 Å². The molecular weight excluding hydrogens is 222 g/mol. The van der Waals surface area contributed by atoms with Gasteiger partial charge in [0.05, 0.1) is 0 Å². The molecule has 0 saturated heterocycles. The molecule has 1 N–H and O–H groups in total. The molecule has 0 aliphatic carbocycles. The quantitative estimate of drug-likeness (QED) is 0.653. The van der Waals surface area contributed by atoms with Gasteiger partial charge in [0, 0.05) is 27.2 Å². The fourth-order valence-corrected chi connectivity index (χ4v) is 2.02. The zero-order chi connectivity index (χ0) is 13.5. The second-order valence-electron chi connectivity index (χ2n) is 4.88. The van der Waals surface area contributed by atoms with E-state index in [-0.39, 0.29) is 0 Å². The molecule has 1 rings (SSSR count). The van der Waals surface area contributed by atoms with Gasteiger partial charge in [-0.2, -0.15) is 0 Å². The van der Waals surface area contributed by atoms with Gasteiger partial charge in [-0.1, -0.05) is 29.3 Å². The van der Waals surface area contributed by atoms with E-state index < -0.39 is 0 Å². The van der Waals surface area contributed by atoms with Gasteiger partial charge in [0.25, 0.3) is 0 Å². The van der Waals surface area contributed by atoms with E-state index >= 15 is 0 Å². The number of benzene rings is 1. The van der Waals surface area contributed by atoms with Gasteiger partial charge in [-0.3, -0.25) is 4.99 Å². The van der Waals surface area contributed by atoms with E-state index in [1.165, 1.54) is 16.7 Å². The average molecular weight is 247 g/mol. The van der Waals surface area contributed by atoms with Crippen molar-refractivity contribution in [2.24, 2.45) is 4.99 Å². The van der Waals surface area contributed by atoms with Gasteiger partial charge in [-0.25, -0.2) is 0 Å². The molecule has 18 heavy (non-hydrogen) atoms. The Kier molecular flexibility index (Phi) is 5.69. The Bertz CT molecular complexity index is 388. The van der Waals surface area contributed by atoms with Crippen LogP contribution in [-0.4, -0.2) is 38.0 Å². The molecule has 0 heterocycles. The molecule has 0 aliphatic heterocycles. The maximum atomic E-state index is 4.60. The zero-order valence-electron chi connectivity index (χ0n) is 12.2. The summed E-state index contributed by atoms with van der Waals surface area (Å²) in [5.41, 5.74) is 4.02. The molecule has 100 valence electrons. The normalized spacial score (nSPS) is 11.5. The maximum absolute atomic E-state index is 4.60. The van der Waals surface area contributed by atoms with Gasteiger partial charge in [0.1, 0.15) is 0 Å². The van der Waals surface area contributed by atoms with Crippen LogP contribution >= 0.6 is 0 Å². The monoisotopic (exact) mass is 247 g/mol. The standard InChI is InChI=1S/C15H25N3/c1-6-16-15(18(4)5)17-8-7-14-10-12(2)9-13(3)11-14/h9-11H,6-8H2,1-5H3,(H,16,17). The number of aliphatic imine (C=N–C) groups is 1. The second kappa shape index (κ2) is 7.04. The first-order chi connectivity index (χ1) is 8.52. The van der Waals surface area contributed by atoms with Crippen molar-refractivity contribution in [2.75, 3.05) is 27.2 Å². The summed E-state index contributed by atoms with van der Waals surface area (Å²) in [6, 6.07) is 6.69. The van der Waals surface area contributed by atoms with Crippen molar-refractivity contribution in [2.45, 2.75) is 27.2 Å². The summed E-state index contributed by atoms with van der Waals surface area (Å²) < 4.78 is 0. The molecular formula is C15H25N3. The molecule has 1 aromatic rings. The number of nitrogens with one attached hydrogen (secondary N) is 1. The molecule has 0 radical (unpaired) electrons. The van der Waals surface area contributed by atoms with E-state index in [1.54, 1.807) is 0 Å². The molecule has 0 spiro atoms. The molecule has 0 atom stereocenters. The number of nitrogens with zero attached hydrogens (tertiary/aromatic N) is 2. The Morgan fingerprint density at radius 3 is 2.28 bits per heavy atom. The number of guanidine groups is 1. The summed E-state index contributed by atoms with van der Waals surface area (Å²) in [7, 11) is 4.02. The minimum atomic E-state index is 0.823. The highest BCUT2D eigenvalue weighted by Gasteiger charge is 2.00. The van der Waals surface area contributed by atoms with E-state index in [4.69, 9.17) is 0 Å². The van der Waals surface area contributed by atoms with Crippen LogP contribution in [0.15, 0.2) is 23.2 Å². The van der Waals surface area contributed by atoms with E-state index in [9.17, 15) is 0 Å². The summed E-state index contributed by atoms with van der Waals surface area (Å²) in [6.07, 6.45) is 0.991. The van der Waals surface area contributed by atoms with E-state index in [1.807, 2.05) is 19.0 Å². The van der Waals surface area contributed by atoms with Crippen LogP contribution < -0.4 is 5.32 Å². The Labute approximate surface area is 111 Å². The molecule has 0 saturated carbocycles. The smallest absolute Gasteiger partial charge is 0.193 e. The third kappa shape index (κ3) is 4.78. The summed E-state index contributed by atoms with van der Waals surface area (Å²) in [5.74, 6) is 0.960. The molecule has 1 aromatic carbocycles. The Morgan fingerprint density at radius 2 is 1.78 bits per heavy atom. The van der Waals surface area contributed by atoms with Gasteiger partial charge in [-0.15, -0.1) is 0 Å². The van der Waals surface area contributed by atoms with E-state index in [0.29, 0.717) is 0 Å². The molecule has 3 nitrogen and oxygen atoms in total. The predicted molar refractivity (Wildman–Crippen MR) is 79.3 cm³/mol. The first kappa shape index (κ1) is 14.6. The van der Waals surface area contributed by atoms with Crippen LogP contribution in [-0.2, 0) is 6.42 Å². The van der Waals surface area contributed by atoms with Crippen LogP contribution in [0, 0.1) is 13.8 Å². The Hall–Kier alpha value is -1.51. The van der Waals surface area contributed by atoms with Crippen LogP contribution in [0.1, 0.15) is 23.6 Å². The molecule has 0 amide bonds. The van der Waals surface area contributed by atoms with Crippen molar-refractivity contribution in [3.63, 3.8) is 0 Å². The summed E-state index contributed by atoms with van der Waals surface area (Å²) in [6.45, 7) is 8.10. The highest BCUT2D eigenvalue weighted by molar-refractivity contribution is 5.79. The molecule has 0 unspecified atom stereocenters. The lowest BCUT2D eigenvalue weighted by atomic mass is 10.1. The van der Waals surface area contributed by atoms with Crippen LogP contribution in [0.4, 0.5) is 0 Å². The average Bonchev–Trinajstić information content (AvgIpc) is 2.26. The first-order valence-electron chi connectivity index (χ1n) is 6.55. The zero-order valence-corrected chi connectivity index (χ0v) is 12.2. The fraction of sp³-hybridized carbons (Fsp3) is 0.533. The number of rotatable bonds is 4.